The summed E-state index contributed by atoms with van der Waals surface area (Å²) in [5.74, 6) is 7.64. The third-order valence-corrected chi connectivity index (χ3v) is 3.13. The summed E-state index contributed by atoms with van der Waals surface area (Å²) in [6, 6.07) is 7.86. The molecule has 2 aromatic heterocycles. The number of nitrogens with two attached hydrogens (primary N) is 1. The number of hydrazine groups is 1. The number of anilines is 1. The molecule has 3 N–H and O–H groups in total. The first-order chi connectivity index (χ1) is 9.83. The lowest BCUT2D eigenvalue weighted by Gasteiger charge is -2.11. The smallest absolute Gasteiger partial charge is 0.239 e. The van der Waals surface area contributed by atoms with Crippen molar-refractivity contribution in [3.8, 4) is 5.82 Å². The molecule has 6 heteroatoms. The van der Waals surface area contributed by atoms with Gasteiger partial charge in [-0.1, -0.05) is 19.1 Å². The Hall–Kier alpha value is -2.47. The van der Waals surface area contributed by atoms with Crippen LogP contribution in [0.25, 0.3) is 16.7 Å². The molecule has 0 spiro atoms. The van der Waals surface area contributed by atoms with Crippen LogP contribution in [0.2, 0.25) is 0 Å². The van der Waals surface area contributed by atoms with Crippen LogP contribution < -0.4 is 11.3 Å². The van der Waals surface area contributed by atoms with Crippen LogP contribution in [0.3, 0.4) is 0 Å². The minimum Gasteiger partial charge on any atom is -0.292 e. The number of nitrogens with zero attached hydrogens (tertiary/aromatic N) is 4. The molecule has 0 amide bonds. The van der Waals surface area contributed by atoms with Gasteiger partial charge in [-0.3, -0.25) is 9.99 Å². The zero-order valence-electron chi connectivity index (χ0n) is 11.2. The Morgan fingerprint density at radius 1 is 1.25 bits per heavy atom. The zero-order valence-corrected chi connectivity index (χ0v) is 11.2. The maximum absolute atomic E-state index is 5.46. The summed E-state index contributed by atoms with van der Waals surface area (Å²) >= 11 is 0. The van der Waals surface area contributed by atoms with Gasteiger partial charge in [-0.05, 0) is 18.6 Å². The molecule has 0 bridgehead atoms. The van der Waals surface area contributed by atoms with E-state index in [-0.39, 0.29) is 0 Å². The minimum atomic E-state index is 0.398. The Bertz CT molecular complexity index is 733. The lowest BCUT2D eigenvalue weighted by atomic mass is 10.2. The molecule has 0 unspecified atom stereocenters. The van der Waals surface area contributed by atoms with Crippen molar-refractivity contribution in [3.05, 3.63) is 42.5 Å². The van der Waals surface area contributed by atoms with Crippen molar-refractivity contribution in [3.63, 3.8) is 0 Å². The number of benzene rings is 1. The average molecular weight is 268 g/mol. The van der Waals surface area contributed by atoms with E-state index in [1.54, 1.807) is 6.20 Å². The molecule has 0 aliphatic carbocycles. The number of para-hydroxylation sites is 1. The monoisotopic (exact) mass is 268 g/mol. The Balaban J connectivity index is 2.26. The van der Waals surface area contributed by atoms with Gasteiger partial charge in [0.1, 0.15) is 5.82 Å². The van der Waals surface area contributed by atoms with Crippen LogP contribution in [0, 0.1) is 0 Å². The second-order valence-corrected chi connectivity index (χ2v) is 4.50. The van der Waals surface area contributed by atoms with E-state index in [0.29, 0.717) is 5.95 Å². The van der Waals surface area contributed by atoms with Crippen LogP contribution >= 0.6 is 0 Å². The van der Waals surface area contributed by atoms with Gasteiger partial charge in [0.2, 0.25) is 5.95 Å². The Morgan fingerprint density at radius 3 is 2.90 bits per heavy atom. The van der Waals surface area contributed by atoms with E-state index in [0.717, 1.165) is 35.4 Å². The Morgan fingerprint density at radius 2 is 2.10 bits per heavy atom. The summed E-state index contributed by atoms with van der Waals surface area (Å²) in [7, 11) is 0. The van der Waals surface area contributed by atoms with Gasteiger partial charge < -0.3 is 0 Å². The number of nitrogen functional groups attached to an aromatic ring is 1. The van der Waals surface area contributed by atoms with E-state index in [1.807, 2.05) is 35.0 Å². The van der Waals surface area contributed by atoms with E-state index in [4.69, 9.17) is 5.84 Å². The molecule has 0 radical (unpaired) electrons. The molecular formula is C14H16N6. The molecule has 0 aliphatic rings. The lowest BCUT2D eigenvalue weighted by molar-refractivity contribution is 0.800. The molecule has 3 aromatic rings. The summed E-state index contributed by atoms with van der Waals surface area (Å²) in [6.07, 6.45) is 5.64. The van der Waals surface area contributed by atoms with Crippen molar-refractivity contribution in [1.29, 1.82) is 0 Å². The van der Waals surface area contributed by atoms with Crippen LogP contribution in [0.1, 0.15) is 19.2 Å². The summed E-state index contributed by atoms with van der Waals surface area (Å²) in [5, 5.41) is 0.974. The molecule has 0 saturated carbocycles. The zero-order chi connectivity index (χ0) is 13.9. The molecule has 0 aliphatic heterocycles. The second kappa shape index (κ2) is 5.26. The fourth-order valence-electron chi connectivity index (χ4n) is 2.24. The van der Waals surface area contributed by atoms with Gasteiger partial charge in [-0.2, -0.15) is 4.98 Å². The van der Waals surface area contributed by atoms with Crippen molar-refractivity contribution < 1.29 is 0 Å². The standard InChI is InChI=1S/C14H16N6/c1-2-5-12-16-8-9-20(12)13-10-6-3-4-7-11(10)17-14(18-13)19-15/h3-4,6-9H,2,5,15H2,1H3,(H,17,18,19). The van der Waals surface area contributed by atoms with Crippen molar-refractivity contribution in [2.45, 2.75) is 19.8 Å². The van der Waals surface area contributed by atoms with E-state index >= 15 is 0 Å². The molecule has 0 saturated heterocycles. The largest absolute Gasteiger partial charge is 0.292 e. The molecule has 6 nitrogen and oxygen atoms in total. The molecule has 0 fully saturated rings. The predicted molar refractivity (Wildman–Crippen MR) is 78.5 cm³/mol. The topological polar surface area (TPSA) is 81.7 Å². The Labute approximate surface area is 116 Å². The number of nitrogens with one attached hydrogen (secondary N) is 1. The third kappa shape index (κ3) is 2.10. The highest BCUT2D eigenvalue weighted by Gasteiger charge is 2.11. The molecule has 2 heterocycles. The van der Waals surface area contributed by atoms with E-state index in [2.05, 4.69) is 27.3 Å². The second-order valence-electron chi connectivity index (χ2n) is 4.50. The quantitative estimate of drug-likeness (QED) is 0.559. The average Bonchev–Trinajstić information content (AvgIpc) is 2.94. The number of aryl methyl sites for hydroxylation is 1. The maximum Gasteiger partial charge on any atom is 0.239 e. The summed E-state index contributed by atoms with van der Waals surface area (Å²) in [6.45, 7) is 2.13. The van der Waals surface area contributed by atoms with Gasteiger partial charge in [0, 0.05) is 24.2 Å². The normalized spacial score (nSPS) is 10.9. The Kier molecular flexibility index (Phi) is 3.30. The van der Waals surface area contributed by atoms with Crippen molar-refractivity contribution >= 4 is 16.9 Å². The van der Waals surface area contributed by atoms with Crippen LogP contribution in [-0.4, -0.2) is 19.5 Å². The number of rotatable bonds is 4. The third-order valence-electron chi connectivity index (χ3n) is 3.13. The highest BCUT2D eigenvalue weighted by atomic mass is 15.3. The lowest BCUT2D eigenvalue weighted by Crippen LogP contribution is -2.13. The molecular weight excluding hydrogens is 252 g/mol. The molecule has 102 valence electrons. The van der Waals surface area contributed by atoms with Gasteiger partial charge in [0.05, 0.1) is 5.52 Å². The number of imidazole rings is 1. The highest BCUT2D eigenvalue weighted by molar-refractivity contribution is 5.86. The first-order valence-electron chi connectivity index (χ1n) is 6.59. The number of hydrogen-bond donors (Lipinski definition) is 2. The summed E-state index contributed by atoms with van der Waals surface area (Å²) in [5.41, 5.74) is 3.37. The predicted octanol–water partition coefficient (Wildman–Crippen LogP) is 2.05. The SMILES string of the molecule is CCCc1nccn1-c1nc(NN)nc2ccccc12. The molecule has 1 aromatic carbocycles. The van der Waals surface area contributed by atoms with E-state index in [1.165, 1.54) is 0 Å². The van der Waals surface area contributed by atoms with E-state index < -0.39 is 0 Å². The fraction of sp³-hybridized carbons (Fsp3) is 0.214. The number of aromatic nitrogens is 4. The number of fused-ring (bicyclic) bond motifs is 1. The van der Waals surface area contributed by atoms with Crippen molar-refractivity contribution in [2.75, 3.05) is 5.43 Å². The van der Waals surface area contributed by atoms with Crippen molar-refractivity contribution in [2.24, 2.45) is 5.84 Å². The van der Waals surface area contributed by atoms with Crippen LogP contribution in [0.5, 0.6) is 0 Å². The van der Waals surface area contributed by atoms with Gasteiger partial charge in [0.25, 0.3) is 0 Å². The first-order valence-corrected chi connectivity index (χ1v) is 6.59. The maximum atomic E-state index is 5.46. The summed E-state index contributed by atoms with van der Waals surface area (Å²) < 4.78 is 1.99. The van der Waals surface area contributed by atoms with Crippen LogP contribution in [0.4, 0.5) is 5.95 Å². The van der Waals surface area contributed by atoms with Gasteiger partial charge in [-0.15, -0.1) is 0 Å². The van der Waals surface area contributed by atoms with Gasteiger partial charge in [0.15, 0.2) is 5.82 Å². The fourth-order valence-corrected chi connectivity index (χ4v) is 2.24. The number of hydrogen-bond acceptors (Lipinski definition) is 5. The summed E-state index contributed by atoms with van der Waals surface area (Å²) in [4.78, 5) is 13.2. The van der Waals surface area contributed by atoms with Crippen LogP contribution in [-0.2, 0) is 6.42 Å². The van der Waals surface area contributed by atoms with Crippen LogP contribution in [0.15, 0.2) is 36.7 Å². The first kappa shape index (κ1) is 12.6. The molecule has 0 atom stereocenters. The van der Waals surface area contributed by atoms with E-state index in [9.17, 15) is 0 Å². The highest BCUT2D eigenvalue weighted by Crippen LogP contribution is 2.22. The van der Waals surface area contributed by atoms with Gasteiger partial charge in [-0.25, -0.2) is 15.8 Å². The minimum absolute atomic E-state index is 0.398. The van der Waals surface area contributed by atoms with Crippen molar-refractivity contribution in [1.82, 2.24) is 19.5 Å². The molecule has 20 heavy (non-hydrogen) atoms. The molecule has 3 rings (SSSR count). The van der Waals surface area contributed by atoms with Gasteiger partial charge >= 0.3 is 0 Å².